The fraction of sp³-hybridized carbons (Fsp3) is 0.556. The average molecular weight is 229 g/mol. The topological polar surface area (TPSA) is 70.1 Å². The van der Waals surface area contributed by atoms with Gasteiger partial charge in [0.2, 0.25) is 5.95 Å². The number of halogens is 1. The first-order valence-corrected chi connectivity index (χ1v) is 5.26. The molecule has 1 saturated heterocycles. The molecule has 1 aromatic heterocycles. The van der Waals surface area contributed by atoms with Gasteiger partial charge in [0, 0.05) is 6.54 Å². The van der Waals surface area contributed by atoms with E-state index < -0.39 is 6.10 Å². The summed E-state index contributed by atoms with van der Waals surface area (Å²) in [5.74, 6) is 0.505. The van der Waals surface area contributed by atoms with Crippen LogP contribution in [0.5, 0.6) is 0 Å². The van der Waals surface area contributed by atoms with Crippen LogP contribution < -0.4 is 10.6 Å². The zero-order chi connectivity index (χ0) is 10.7. The van der Waals surface area contributed by atoms with Gasteiger partial charge in [-0.05, 0) is 13.0 Å². The van der Waals surface area contributed by atoms with Crippen LogP contribution in [0.3, 0.4) is 0 Å². The number of nitrogens with one attached hydrogen (secondary N) is 2. The van der Waals surface area contributed by atoms with Crippen molar-refractivity contribution in [2.45, 2.75) is 18.6 Å². The molecule has 2 rings (SSSR count). The van der Waals surface area contributed by atoms with Crippen LogP contribution in [0.1, 0.15) is 6.42 Å². The van der Waals surface area contributed by atoms with E-state index in [1.165, 1.54) is 12.4 Å². The molecular weight excluding hydrogens is 216 g/mol. The number of aliphatic hydroxyl groups is 1. The largest absolute Gasteiger partial charge is 0.390 e. The third kappa shape index (κ3) is 2.77. The third-order valence-electron chi connectivity index (χ3n) is 2.38. The first-order valence-electron chi connectivity index (χ1n) is 4.88. The van der Waals surface area contributed by atoms with Crippen LogP contribution in [-0.2, 0) is 0 Å². The van der Waals surface area contributed by atoms with Gasteiger partial charge < -0.3 is 15.7 Å². The van der Waals surface area contributed by atoms with Crippen LogP contribution in [0.25, 0.3) is 0 Å². The number of anilines is 1. The highest BCUT2D eigenvalue weighted by Crippen LogP contribution is 2.11. The molecule has 82 valence electrons. The second-order valence-electron chi connectivity index (χ2n) is 3.54. The van der Waals surface area contributed by atoms with Crippen LogP contribution in [0.4, 0.5) is 5.95 Å². The molecule has 15 heavy (non-hydrogen) atoms. The molecular formula is C9H13ClN4O. The highest BCUT2D eigenvalue weighted by Gasteiger charge is 2.22. The molecule has 1 fully saturated rings. The summed E-state index contributed by atoms with van der Waals surface area (Å²) in [5.41, 5.74) is 0. The first kappa shape index (κ1) is 10.6. The number of nitrogens with zero attached hydrogens (tertiary/aromatic N) is 2. The van der Waals surface area contributed by atoms with Crippen molar-refractivity contribution in [3.05, 3.63) is 17.4 Å². The van der Waals surface area contributed by atoms with Crippen molar-refractivity contribution in [1.82, 2.24) is 15.3 Å². The zero-order valence-corrected chi connectivity index (χ0v) is 8.91. The number of rotatable bonds is 2. The number of piperidine rings is 1. The Morgan fingerprint density at radius 1 is 1.47 bits per heavy atom. The van der Waals surface area contributed by atoms with E-state index in [-0.39, 0.29) is 6.04 Å². The van der Waals surface area contributed by atoms with Crippen LogP contribution in [0, 0.1) is 0 Å². The predicted octanol–water partition coefficient (Wildman–Crippen LogP) is 0.265. The summed E-state index contributed by atoms with van der Waals surface area (Å²) in [6.45, 7) is 1.49. The van der Waals surface area contributed by atoms with E-state index in [0.717, 1.165) is 13.0 Å². The van der Waals surface area contributed by atoms with Gasteiger partial charge in [-0.15, -0.1) is 0 Å². The molecule has 0 spiro atoms. The lowest BCUT2D eigenvalue weighted by atomic mass is 10.0. The van der Waals surface area contributed by atoms with Gasteiger partial charge in [0.1, 0.15) is 0 Å². The standard InChI is InChI=1S/C9H13ClN4O/c10-6-3-12-9(13-4-6)14-7-1-2-11-5-8(7)15/h3-4,7-8,11,15H,1-2,5H2,(H,12,13,14)/t7-,8-/m1/s1. The summed E-state index contributed by atoms with van der Waals surface area (Å²) >= 11 is 5.67. The molecule has 5 nitrogen and oxygen atoms in total. The van der Waals surface area contributed by atoms with Gasteiger partial charge in [0.15, 0.2) is 0 Å². The van der Waals surface area contributed by atoms with Gasteiger partial charge in [-0.25, -0.2) is 9.97 Å². The normalized spacial score (nSPS) is 26.3. The maximum atomic E-state index is 9.68. The number of hydrogen-bond donors (Lipinski definition) is 3. The Morgan fingerprint density at radius 2 is 2.20 bits per heavy atom. The monoisotopic (exact) mass is 228 g/mol. The van der Waals surface area contributed by atoms with Gasteiger partial charge in [0.05, 0.1) is 29.6 Å². The molecule has 0 unspecified atom stereocenters. The van der Waals surface area contributed by atoms with E-state index in [0.29, 0.717) is 17.5 Å². The highest BCUT2D eigenvalue weighted by atomic mass is 35.5. The number of aliphatic hydroxyl groups excluding tert-OH is 1. The summed E-state index contributed by atoms with van der Waals surface area (Å²) < 4.78 is 0. The Morgan fingerprint density at radius 3 is 2.87 bits per heavy atom. The quantitative estimate of drug-likeness (QED) is 0.678. The Balaban J connectivity index is 1.98. The molecule has 0 radical (unpaired) electrons. The molecule has 0 amide bonds. The number of aromatic nitrogens is 2. The summed E-state index contributed by atoms with van der Waals surface area (Å²) in [5, 5.41) is 16.4. The minimum atomic E-state index is -0.405. The minimum absolute atomic E-state index is 0.00688. The zero-order valence-electron chi connectivity index (χ0n) is 8.15. The first-order chi connectivity index (χ1) is 7.25. The van der Waals surface area contributed by atoms with Crippen molar-refractivity contribution in [1.29, 1.82) is 0 Å². The lowest BCUT2D eigenvalue weighted by molar-refractivity contribution is 0.128. The Hall–Kier alpha value is -0.910. The van der Waals surface area contributed by atoms with Gasteiger partial charge in [-0.3, -0.25) is 0 Å². The van der Waals surface area contributed by atoms with Crippen LogP contribution in [-0.4, -0.2) is 40.3 Å². The highest BCUT2D eigenvalue weighted by molar-refractivity contribution is 6.30. The summed E-state index contributed by atoms with van der Waals surface area (Å²) in [6, 6.07) is 0.00688. The van der Waals surface area contributed by atoms with E-state index in [4.69, 9.17) is 11.6 Å². The number of hydrogen-bond acceptors (Lipinski definition) is 5. The van der Waals surface area contributed by atoms with Gasteiger partial charge in [0.25, 0.3) is 0 Å². The van der Waals surface area contributed by atoms with E-state index in [9.17, 15) is 5.11 Å². The van der Waals surface area contributed by atoms with Crippen molar-refractivity contribution in [2.75, 3.05) is 18.4 Å². The third-order valence-corrected chi connectivity index (χ3v) is 2.58. The van der Waals surface area contributed by atoms with Gasteiger partial charge in [-0.2, -0.15) is 0 Å². The fourth-order valence-corrected chi connectivity index (χ4v) is 1.66. The molecule has 0 aliphatic carbocycles. The van der Waals surface area contributed by atoms with E-state index >= 15 is 0 Å². The molecule has 2 atom stereocenters. The Kier molecular flexibility index (Phi) is 3.35. The second kappa shape index (κ2) is 4.74. The number of β-amino-alcohol motifs (C(OH)–C–C–N with tert-alkyl or cyclic N) is 1. The molecule has 1 aliphatic heterocycles. The lowest BCUT2D eigenvalue weighted by Gasteiger charge is -2.28. The average Bonchev–Trinajstić information content (AvgIpc) is 2.25. The van der Waals surface area contributed by atoms with E-state index in [1.54, 1.807) is 0 Å². The molecule has 1 aromatic rings. The van der Waals surface area contributed by atoms with Crippen molar-refractivity contribution in [2.24, 2.45) is 0 Å². The van der Waals surface area contributed by atoms with Crippen molar-refractivity contribution in [3.8, 4) is 0 Å². The maximum Gasteiger partial charge on any atom is 0.222 e. The molecule has 6 heteroatoms. The van der Waals surface area contributed by atoms with Crippen molar-refractivity contribution in [3.63, 3.8) is 0 Å². The second-order valence-corrected chi connectivity index (χ2v) is 3.97. The summed E-state index contributed by atoms with van der Waals surface area (Å²) in [6.07, 6.45) is 3.51. The SMILES string of the molecule is O[C@@H]1CNCC[C@H]1Nc1ncc(Cl)cn1. The smallest absolute Gasteiger partial charge is 0.222 e. The Bertz CT molecular complexity index is 318. The van der Waals surface area contributed by atoms with E-state index in [1.807, 2.05) is 0 Å². The molecule has 0 aromatic carbocycles. The summed E-state index contributed by atoms with van der Waals surface area (Å²) in [4.78, 5) is 8.04. The maximum absolute atomic E-state index is 9.68. The van der Waals surface area contributed by atoms with Crippen LogP contribution in [0.15, 0.2) is 12.4 Å². The predicted molar refractivity (Wildman–Crippen MR) is 57.9 cm³/mol. The van der Waals surface area contributed by atoms with Crippen molar-refractivity contribution < 1.29 is 5.11 Å². The fourth-order valence-electron chi connectivity index (χ4n) is 1.56. The minimum Gasteiger partial charge on any atom is -0.390 e. The molecule has 3 N–H and O–H groups in total. The molecule has 0 bridgehead atoms. The van der Waals surface area contributed by atoms with E-state index in [2.05, 4.69) is 20.6 Å². The van der Waals surface area contributed by atoms with Crippen LogP contribution >= 0.6 is 11.6 Å². The van der Waals surface area contributed by atoms with Crippen LogP contribution in [0.2, 0.25) is 5.02 Å². The molecule has 1 aliphatic rings. The Labute approximate surface area is 92.9 Å². The lowest BCUT2D eigenvalue weighted by Crippen LogP contribution is -2.47. The van der Waals surface area contributed by atoms with Crippen molar-refractivity contribution >= 4 is 17.5 Å². The molecule has 2 heterocycles. The van der Waals surface area contributed by atoms with Gasteiger partial charge >= 0.3 is 0 Å². The summed E-state index contributed by atoms with van der Waals surface area (Å²) in [7, 11) is 0. The molecule has 0 saturated carbocycles. The van der Waals surface area contributed by atoms with Gasteiger partial charge in [-0.1, -0.05) is 11.6 Å².